The smallest absolute Gasteiger partial charge is 0.242 e. The maximum atomic E-state index is 11.8. The monoisotopic (exact) mass is 280 g/mol. The highest BCUT2D eigenvalue weighted by Crippen LogP contribution is 2.20. The third-order valence-electron chi connectivity index (χ3n) is 2.92. The Morgan fingerprint density at radius 2 is 1.95 bits per heavy atom. The van der Waals surface area contributed by atoms with E-state index in [1.54, 1.807) is 12.1 Å². The van der Waals surface area contributed by atoms with Crippen LogP contribution >= 0.6 is 11.6 Å². The molecule has 1 atom stereocenters. The van der Waals surface area contributed by atoms with Crippen molar-refractivity contribution in [3.8, 4) is 0 Å². The fourth-order valence-electron chi connectivity index (χ4n) is 1.69. The molecule has 0 aliphatic heterocycles. The van der Waals surface area contributed by atoms with Gasteiger partial charge in [0.25, 0.3) is 0 Å². The Bertz CT molecular complexity index is 446. The van der Waals surface area contributed by atoms with Gasteiger partial charge in [-0.3, -0.25) is 9.59 Å². The first-order valence-electron chi connectivity index (χ1n) is 6.43. The van der Waals surface area contributed by atoms with Crippen LogP contribution in [-0.2, 0) is 9.59 Å². The Balaban J connectivity index is 1.70. The van der Waals surface area contributed by atoms with Crippen LogP contribution in [0.4, 0.5) is 0 Å². The predicted octanol–water partition coefficient (Wildman–Crippen LogP) is 1.75. The molecule has 1 aliphatic rings. The summed E-state index contributed by atoms with van der Waals surface area (Å²) in [6.07, 6.45) is 2.42. The first kappa shape index (κ1) is 13.9. The van der Waals surface area contributed by atoms with Gasteiger partial charge in [0, 0.05) is 19.0 Å². The summed E-state index contributed by atoms with van der Waals surface area (Å²) in [5.41, 5.74) is 0.754. The number of benzene rings is 1. The van der Waals surface area contributed by atoms with E-state index in [-0.39, 0.29) is 11.8 Å². The second-order valence-electron chi connectivity index (χ2n) is 4.66. The first-order valence-corrected chi connectivity index (χ1v) is 6.86. The molecule has 4 nitrogen and oxygen atoms in total. The zero-order chi connectivity index (χ0) is 13.7. The molecule has 0 heterocycles. The molecule has 0 radical (unpaired) electrons. The molecule has 19 heavy (non-hydrogen) atoms. The van der Waals surface area contributed by atoms with Gasteiger partial charge in [0.05, 0.1) is 0 Å². The normalized spacial score (nSPS) is 15.6. The topological polar surface area (TPSA) is 58.2 Å². The van der Waals surface area contributed by atoms with Crippen LogP contribution < -0.4 is 10.6 Å². The number of halogens is 1. The average Bonchev–Trinajstić information content (AvgIpc) is 3.22. The number of hydrogen-bond donors (Lipinski definition) is 2. The Morgan fingerprint density at radius 1 is 1.26 bits per heavy atom. The Hall–Kier alpha value is -1.55. The third kappa shape index (κ3) is 4.56. The lowest BCUT2D eigenvalue weighted by Crippen LogP contribution is -2.33. The van der Waals surface area contributed by atoms with Gasteiger partial charge in [-0.1, -0.05) is 30.3 Å². The Labute approximate surface area is 117 Å². The van der Waals surface area contributed by atoms with Gasteiger partial charge >= 0.3 is 0 Å². The van der Waals surface area contributed by atoms with Crippen molar-refractivity contribution in [1.29, 1.82) is 0 Å². The molecule has 0 aromatic heterocycles. The molecule has 0 saturated heterocycles. The van der Waals surface area contributed by atoms with Crippen LogP contribution in [0.25, 0.3) is 0 Å². The number of nitrogens with one attached hydrogen (secondary N) is 2. The van der Waals surface area contributed by atoms with Crippen LogP contribution in [0.15, 0.2) is 30.3 Å². The fraction of sp³-hybridized carbons (Fsp3) is 0.429. The van der Waals surface area contributed by atoms with Crippen LogP contribution in [0, 0.1) is 0 Å². The van der Waals surface area contributed by atoms with E-state index < -0.39 is 5.38 Å². The summed E-state index contributed by atoms with van der Waals surface area (Å²) in [5, 5.41) is 4.82. The van der Waals surface area contributed by atoms with Crippen molar-refractivity contribution in [2.45, 2.75) is 30.7 Å². The van der Waals surface area contributed by atoms with Crippen molar-refractivity contribution < 1.29 is 9.59 Å². The molecule has 1 fully saturated rings. The summed E-state index contributed by atoms with van der Waals surface area (Å²) in [4.78, 5) is 23.2. The van der Waals surface area contributed by atoms with Gasteiger partial charge in [-0.2, -0.15) is 0 Å². The van der Waals surface area contributed by atoms with Crippen molar-refractivity contribution >= 4 is 23.4 Å². The Kier molecular flexibility index (Phi) is 4.80. The standard InChI is InChI=1S/C14H17ClN2O2/c15-13(10-4-2-1-3-5-10)14(19)16-9-8-12(18)17-11-6-7-11/h1-5,11,13H,6-9H2,(H,16,19)(H,17,18). The number of hydrogen-bond acceptors (Lipinski definition) is 2. The van der Waals surface area contributed by atoms with E-state index in [4.69, 9.17) is 11.6 Å². The minimum atomic E-state index is -0.715. The van der Waals surface area contributed by atoms with Gasteiger partial charge in [-0.15, -0.1) is 11.6 Å². The van der Waals surface area contributed by atoms with Gasteiger partial charge in [-0.05, 0) is 18.4 Å². The molecule has 1 unspecified atom stereocenters. The van der Waals surface area contributed by atoms with Gasteiger partial charge in [-0.25, -0.2) is 0 Å². The Morgan fingerprint density at radius 3 is 2.58 bits per heavy atom. The summed E-state index contributed by atoms with van der Waals surface area (Å²) in [5.74, 6) is -0.291. The lowest BCUT2D eigenvalue weighted by Gasteiger charge is -2.10. The highest BCUT2D eigenvalue weighted by atomic mass is 35.5. The average molecular weight is 281 g/mol. The van der Waals surface area contributed by atoms with E-state index >= 15 is 0 Å². The zero-order valence-electron chi connectivity index (χ0n) is 10.6. The van der Waals surface area contributed by atoms with E-state index in [0.717, 1.165) is 18.4 Å². The van der Waals surface area contributed by atoms with E-state index in [1.165, 1.54) is 0 Å². The summed E-state index contributed by atoms with van der Waals surface area (Å²) >= 11 is 6.05. The second-order valence-corrected chi connectivity index (χ2v) is 5.09. The molecule has 0 spiro atoms. The SMILES string of the molecule is O=C(CCNC(=O)C(Cl)c1ccccc1)NC1CC1. The zero-order valence-corrected chi connectivity index (χ0v) is 11.3. The molecule has 0 bridgehead atoms. The van der Waals surface area contributed by atoms with E-state index in [1.807, 2.05) is 18.2 Å². The molecule has 102 valence electrons. The lowest BCUT2D eigenvalue weighted by atomic mass is 10.1. The number of carbonyl (C=O) groups is 2. The lowest BCUT2D eigenvalue weighted by molar-refractivity contribution is -0.122. The third-order valence-corrected chi connectivity index (χ3v) is 3.37. The molecule has 1 aromatic rings. The van der Waals surface area contributed by atoms with E-state index in [0.29, 0.717) is 19.0 Å². The van der Waals surface area contributed by atoms with Crippen molar-refractivity contribution in [2.24, 2.45) is 0 Å². The van der Waals surface area contributed by atoms with Crippen LogP contribution in [-0.4, -0.2) is 24.4 Å². The van der Waals surface area contributed by atoms with E-state index in [2.05, 4.69) is 10.6 Å². The maximum absolute atomic E-state index is 11.8. The summed E-state index contributed by atoms with van der Waals surface area (Å²) < 4.78 is 0. The highest BCUT2D eigenvalue weighted by molar-refractivity contribution is 6.30. The van der Waals surface area contributed by atoms with Gasteiger partial charge in [0.15, 0.2) is 0 Å². The first-order chi connectivity index (χ1) is 9.16. The molecule has 1 aliphatic carbocycles. The van der Waals surface area contributed by atoms with Crippen molar-refractivity contribution in [3.05, 3.63) is 35.9 Å². The second kappa shape index (κ2) is 6.57. The summed E-state index contributed by atoms with van der Waals surface area (Å²) in [6, 6.07) is 9.50. The molecular formula is C14H17ClN2O2. The molecule has 1 saturated carbocycles. The van der Waals surface area contributed by atoms with Gasteiger partial charge < -0.3 is 10.6 Å². The predicted molar refractivity (Wildman–Crippen MR) is 73.8 cm³/mol. The number of rotatable bonds is 6. The molecule has 2 N–H and O–H groups in total. The minimum Gasteiger partial charge on any atom is -0.354 e. The summed E-state index contributed by atoms with van der Waals surface area (Å²) in [7, 11) is 0. The summed E-state index contributed by atoms with van der Waals surface area (Å²) in [6.45, 7) is 0.313. The molecule has 2 amide bonds. The van der Waals surface area contributed by atoms with Crippen LogP contribution in [0.5, 0.6) is 0 Å². The largest absolute Gasteiger partial charge is 0.354 e. The number of amides is 2. The minimum absolute atomic E-state index is 0.0198. The van der Waals surface area contributed by atoms with E-state index in [9.17, 15) is 9.59 Å². The number of carbonyl (C=O) groups excluding carboxylic acids is 2. The van der Waals surface area contributed by atoms with Crippen LogP contribution in [0.3, 0.4) is 0 Å². The van der Waals surface area contributed by atoms with Crippen molar-refractivity contribution in [2.75, 3.05) is 6.54 Å². The van der Waals surface area contributed by atoms with Crippen molar-refractivity contribution in [1.82, 2.24) is 10.6 Å². The van der Waals surface area contributed by atoms with Crippen LogP contribution in [0.2, 0.25) is 0 Å². The molecule has 1 aromatic carbocycles. The number of alkyl halides is 1. The highest BCUT2D eigenvalue weighted by Gasteiger charge is 2.23. The molecular weight excluding hydrogens is 264 g/mol. The molecule has 2 rings (SSSR count). The molecule has 5 heteroatoms. The van der Waals surface area contributed by atoms with Gasteiger partial charge in [0.1, 0.15) is 5.38 Å². The maximum Gasteiger partial charge on any atom is 0.242 e. The van der Waals surface area contributed by atoms with Gasteiger partial charge in [0.2, 0.25) is 11.8 Å². The van der Waals surface area contributed by atoms with Crippen molar-refractivity contribution in [3.63, 3.8) is 0 Å². The fourth-order valence-corrected chi connectivity index (χ4v) is 1.91. The quantitative estimate of drug-likeness (QED) is 0.780. The van der Waals surface area contributed by atoms with Crippen LogP contribution in [0.1, 0.15) is 30.2 Å².